The van der Waals surface area contributed by atoms with Crippen molar-refractivity contribution in [2.24, 2.45) is 0 Å². The van der Waals surface area contributed by atoms with Gasteiger partial charge >= 0.3 is 0 Å². The van der Waals surface area contributed by atoms with Crippen LogP contribution < -0.4 is 5.32 Å². The van der Waals surface area contributed by atoms with E-state index < -0.39 is 6.10 Å². The number of nitrogens with one attached hydrogen (secondary N) is 1. The molecule has 0 saturated carbocycles. The van der Waals surface area contributed by atoms with Crippen molar-refractivity contribution in [3.8, 4) is 0 Å². The second-order valence-electron chi connectivity index (χ2n) is 6.09. The lowest BCUT2D eigenvalue weighted by Crippen LogP contribution is -2.47. The first-order valence-electron chi connectivity index (χ1n) is 8.63. The molecule has 1 atom stereocenters. The van der Waals surface area contributed by atoms with Crippen LogP contribution in [0, 0.1) is 0 Å². The van der Waals surface area contributed by atoms with Gasteiger partial charge in [-0.1, -0.05) is 37.3 Å². The van der Waals surface area contributed by atoms with E-state index in [2.05, 4.69) is 22.0 Å². The Labute approximate surface area is 139 Å². The molecule has 1 heterocycles. The van der Waals surface area contributed by atoms with E-state index in [9.17, 15) is 9.90 Å². The fraction of sp³-hybridized carbons (Fsp3) is 0.611. The van der Waals surface area contributed by atoms with Crippen LogP contribution in [-0.4, -0.2) is 66.6 Å². The number of carbonyl (C=O) groups excluding carboxylic acids is 1. The number of rotatable bonds is 8. The zero-order valence-corrected chi connectivity index (χ0v) is 14.1. The minimum absolute atomic E-state index is 0.0724. The van der Waals surface area contributed by atoms with Crippen molar-refractivity contribution in [1.82, 2.24) is 15.1 Å². The number of hydrogen-bond donors (Lipinski definition) is 2. The summed E-state index contributed by atoms with van der Waals surface area (Å²) in [6, 6.07) is 9.56. The molecule has 1 aromatic rings. The normalized spacial score (nSPS) is 17.8. The van der Waals surface area contributed by atoms with Gasteiger partial charge in [-0.15, -0.1) is 0 Å². The predicted molar refractivity (Wildman–Crippen MR) is 92.2 cm³/mol. The van der Waals surface area contributed by atoms with E-state index in [0.29, 0.717) is 19.4 Å². The van der Waals surface area contributed by atoms with E-state index >= 15 is 0 Å². The fourth-order valence-corrected chi connectivity index (χ4v) is 2.87. The van der Waals surface area contributed by atoms with Crippen LogP contribution in [0.25, 0.3) is 0 Å². The Bertz CT molecular complexity index is 459. The molecule has 2 N–H and O–H groups in total. The molecule has 23 heavy (non-hydrogen) atoms. The number of benzene rings is 1. The molecular weight excluding hydrogens is 290 g/mol. The monoisotopic (exact) mass is 319 g/mol. The molecule has 1 saturated heterocycles. The summed E-state index contributed by atoms with van der Waals surface area (Å²) in [7, 11) is 0. The van der Waals surface area contributed by atoms with Crippen LogP contribution in [0.5, 0.6) is 0 Å². The average molecular weight is 319 g/mol. The van der Waals surface area contributed by atoms with E-state index in [0.717, 1.165) is 44.8 Å². The van der Waals surface area contributed by atoms with Gasteiger partial charge in [-0.3, -0.25) is 4.79 Å². The quantitative estimate of drug-likeness (QED) is 0.757. The highest BCUT2D eigenvalue weighted by Gasteiger charge is 2.16. The van der Waals surface area contributed by atoms with Crippen molar-refractivity contribution in [1.29, 1.82) is 0 Å². The molecule has 0 spiro atoms. The van der Waals surface area contributed by atoms with E-state index in [1.807, 2.05) is 30.3 Å². The van der Waals surface area contributed by atoms with E-state index in [1.165, 1.54) is 0 Å². The molecule has 5 heteroatoms. The molecule has 0 aliphatic carbocycles. The summed E-state index contributed by atoms with van der Waals surface area (Å²) in [5.74, 6) is 0.0724. The number of aliphatic hydroxyl groups is 1. The minimum Gasteiger partial charge on any atom is -0.388 e. The number of nitrogens with zero attached hydrogens (tertiary/aromatic N) is 2. The van der Waals surface area contributed by atoms with Crippen LogP contribution >= 0.6 is 0 Å². The molecular formula is C18H29N3O2. The lowest BCUT2D eigenvalue weighted by Gasteiger charge is -2.33. The molecule has 0 bridgehead atoms. The molecule has 1 amide bonds. The standard InChI is InChI=1S/C18H29N3O2/c1-2-20-12-14-21(15-13-20)11-9-18(23)19-10-8-17(22)16-6-4-3-5-7-16/h3-7,17,22H,2,8-15H2,1H3,(H,19,23). The Morgan fingerprint density at radius 1 is 1.17 bits per heavy atom. The van der Waals surface area contributed by atoms with Crippen molar-refractivity contribution in [2.75, 3.05) is 45.8 Å². The third kappa shape index (κ3) is 6.29. The summed E-state index contributed by atoms with van der Waals surface area (Å²) >= 11 is 0. The van der Waals surface area contributed by atoms with Gasteiger partial charge in [0.15, 0.2) is 0 Å². The number of aliphatic hydroxyl groups excluding tert-OH is 1. The maximum Gasteiger partial charge on any atom is 0.221 e. The van der Waals surface area contributed by atoms with Crippen LogP contribution in [0.15, 0.2) is 30.3 Å². The number of amides is 1. The SMILES string of the molecule is CCN1CCN(CCC(=O)NCCC(O)c2ccccc2)CC1. The van der Waals surface area contributed by atoms with Gasteiger partial charge in [0, 0.05) is 45.7 Å². The van der Waals surface area contributed by atoms with Crippen molar-refractivity contribution < 1.29 is 9.90 Å². The lowest BCUT2D eigenvalue weighted by atomic mass is 10.1. The molecule has 1 fully saturated rings. The highest BCUT2D eigenvalue weighted by Crippen LogP contribution is 2.14. The van der Waals surface area contributed by atoms with E-state index in [-0.39, 0.29) is 5.91 Å². The summed E-state index contributed by atoms with van der Waals surface area (Å²) in [6.07, 6.45) is 0.567. The largest absolute Gasteiger partial charge is 0.388 e. The number of hydrogen-bond acceptors (Lipinski definition) is 4. The Morgan fingerprint density at radius 3 is 2.48 bits per heavy atom. The Hall–Kier alpha value is -1.43. The van der Waals surface area contributed by atoms with Crippen LogP contribution in [0.3, 0.4) is 0 Å². The molecule has 1 unspecified atom stereocenters. The molecule has 1 aliphatic heterocycles. The highest BCUT2D eigenvalue weighted by molar-refractivity contribution is 5.76. The van der Waals surface area contributed by atoms with Gasteiger partial charge in [-0.2, -0.15) is 0 Å². The summed E-state index contributed by atoms with van der Waals surface area (Å²) in [5, 5.41) is 13.0. The van der Waals surface area contributed by atoms with Gasteiger partial charge in [-0.05, 0) is 18.5 Å². The van der Waals surface area contributed by atoms with E-state index in [1.54, 1.807) is 0 Å². The average Bonchev–Trinajstić information content (AvgIpc) is 2.61. The third-order valence-corrected chi connectivity index (χ3v) is 4.49. The number of piperazine rings is 1. The minimum atomic E-state index is -0.515. The highest BCUT2D eigenvalue weighted by atomic mass is 16.3. The van der Waals surface area contributed by atoms with E-state index in [4.69, 9.17) is 0 Å². The number of carbonyl (C=O) groups is 1. The second kappa shape index (κ2) is 9.65. The zero-order valence-electron chi connectivity index (χ0n) is 14.1. The number of likely N-dealkylation sites (N-methyl/N-ethyl adjacent to an activating group) is 1. The van der Waals surface area contributed by atoms with Gasteiger partial charge in [0.05, 0.1) is 6.10 Å². The first-order valence-corrected chi connectivity index (χ1v) is 8.63. The molecule has 0 aromatic heterocycles. The Kier molecular flexibility index (Phi) is 7.52. The summed E-state index contributed by atoms with van der Waals surface area (Å²) < 4.78 is 0. The molecule has 128 valence electrons. The zero-order chi connectivity index (χ0) is 16.5. The Morgan fingerprint density at radius 2 is 1.83 bits per heavy atom. The smallest absolute Gasteiger partial charge is 0.221 e. The van der Waals surface area contributed by atoms with Gasteiger partial charge in [0.1, 0.15) is 0 Å². The first kappa shape index (κ1) is 17.9. The van der Waals surface area contributed by atoms with Crippen LogP contribution in [0.4, 0.5) is 0 Å². The van der Waals surface area contributed by atoms with Gasteiger partial charge in [0.25, 0.3) is 0 Å². The maximum atomic E-state index is 11.9. The molecule has 1 aliphatic rings. The van der Waals surface area contributed by atoms with Crippen molar-refractivity contribution in [3.63, 3.8) is 0 Å². The third-order valence-electron chi connectivity index (χ3n) is 4.49. The van der Waals surface area contributed by atoms with Crippen LogP contribution in [0.1, 0.15) is 31.4 Å². The van der Waals surface area contributed by atoms with Gasteiger partial charge < -0.3 is 20.2 Å². The lowest BCUT2D eigenvalue weighted by molar-refractivity contribution is -0.121. The first-order chi connectivity index (χ1) is 11.2. The van der Waals surface area contributed by atoms with Crippen LogP contribution in [0.2, 0.25) is 0 Å². The van der Waals surface area contributed by atoms with Crippen LogP contribution in [-0.2, 0) is 4.79 Å². The molecule has 1 aromatic carbocycles. The Balaban J connectivity index is 1.57. The fourth-order valence-electron chi connectivity index (χ4n) is 2.87. The summed E-state index contributed by atoms with van der Waals surface area (Å²) in [4.78, 5) is 16.7. The van der Waals surface area contributed by atoms with Crippen molar-refractivity contribution >= 4 is 5.91 Å². The molecule has 5 nitrogen and oxygen atoms in total. The maximum absolute atomic E-state index is 11.9. The topological polar surface area (TPSA) is 55.8 Å². The summed E-state index contributed by atoms with van der Waals surface area (Å²) in [6.45, 7) is 8.93. The van der Waals surface area contributed by atoms with Gasteiger partial charge in [-0.25, -0.2) is 0 Å². The molecule has 2 rings (SSSR count). The summed E-state index contributed by atoms with van der Waals surface area (Å²) in [5.41, 5.74) is 0.899. The van der Waals surface area contributed by atoms with Gasteiger partial charge in [0.2, 0.25) is 5.91 Å². The van der Waals surface area contributed by atoms with Crippen molar-refractivity contribution in [3.05, 3.63) is 35.9 Å². The second-order valence-corrected chi connectivity index (χ2v) is 6.09. The predicted octanol–water partition coefficient (Wildman–Crippen LogP) is 1.25. The van der Waals surface area contributed by atoms with Crippen molar-refractivity contribution in [2.45, 2.75) is 25.9 Å². The molecule has 0 radical (unpaired) electrons.